The van der Waals surface area contributed by atoms with Gasteiger partial charge in [0.2, 0.25) is 0 Å². The van der Waals surface area contributed by atoms with Crippen molar-refractivity contribution in [2.24, 2.45) is 5.10 Å². The Kier molecular flexibility index (Phi) is 6.31. The number of hydrogen-bond acceptors (Lipinski definition) is 7. The van der Waals surface area contributed by atoms with Gasteiger partial charge in [-0.05, 0) is 47.5 Å². The first-order valence-corrected chi connectivity index (χ1v) is 8.50. The standard InChI is InChI=1S/C20H17FN4O4/c1-28-19-10-15(11-23-24-20-9-7-17(12-22-20)25(26)27)4-8-18(19)29-13-14-2-5-16(21)6-3-14/h2-12H,13H2,1H3,(H,22,24)/b23-11-. The van der Waals surface area contributed by atoms with Gasteiger partial charge < -0.3 is 9.47 Å². The minimum Gasteiger partial charge on any atom is -0.493 e. The average Bonchev–Trinajstić information content (AvgIpc) is 2.74. The summed E-state index contributed by atoms with van der Waals surface area (Å²) in [6.07, 6.45) is 2.70. The molecule has 0 spiro atoms. The van der Waals surface area contributed by atoms with Crippen LogP contribution in [-0.4, -0.2) is 23.2 Å². The molecular weight excluding hydrogens is 379 g/mol. The van der Waals surface area contributed by atoms with E-state index in [0.717, 1.165) is 17.3 Å². The second-order valence-electron chi connectivity index (χ2n) is 5.85. The summed E-state index contributed by atoms with van der Waals surface area (Å²) >= 11 is 0. The summed E-state index contributed by atoms with van der Waals surface area (Å²) in [5.41, 5.74) is 4.17. The van der Waals surface area contributed by atoms with Crippen molar-refractivity contribution in [1.82, 2.24) is 4.98 Å². The highest BCUT2D eigenvalue weighted by molar-refractivity contribution is 5.81. The third kappa shape index (κ3) is 5.48. The molecule has 0 amide bonds. The molecule has 1 heterocycles. The molecule has 29 heavy (non-hydrogen) atoms. The molecule has 0 aliphatic heterocycles. The van der Waals surface area contributed by atoms with Crippen LogP contribution in [-0.2, 0) is 6.61 Å². The van der Waals surface area contributed by atoms with Crippen LogP contribution in [0.3, 0.4) is 0 Å². The molecule has 1 aromatic heterocycles. The molecule has 0 unspecified atom stereocenters. The zero-order chi connectivity index (χ0) is 20.6. The molecule has 2 aromatic carbocycles. The predicted octanol–water partition coefficient (Wildman–Crippen LogP) is 4.16. The summed E-state index contributed by atoms with van der Waals surface area (Å²) in [6, 6.07) is 14.1. The van der Waals surface area contributed by atoms with Crippen LogP contribution < -0.4 is 14.9 Å². The minimum absolute atomic E-state index is 0.0968. The third-order valence-electron chi connectivity index (χ3n) is 3.85. The normalized spacial score (nSPS) is 10.7. The average molecular weight is 396 g/mol. The number of benzene rings is 2. The van der Waals surface area contributed by atoms with Crippen molar-refractivity contribution < 1.29 is 18.8 Å². The molecular formula is C20H17FN4O4. The Morgan fingerprint density at radius 3 is 2.62 bits per heavy atom. The third-order valence-corrected chi connectivity index (χ3v) is 3.85. The predicted molar refractivity (Wildman–Crippen MR) is 106 cm³/mol. The number of methoxy groups -OCH3 is 1. The first kappa shape index (κ1) is 19.7. The highest BCUT2D eigenvalue weighted by Crippen LogP contribution is 2.28. The van der Waals surface area contributed by atoms with Crippen LogP contribution in [0.25, 0.3) is 0 Å². The second kappa shape index (κ2) is 9.27. The summed E-state index contributed by atoms with van der Waals surface area (Å²) in [5.74, 6) is 1.13. The Hall–Kier alpha value is -4.01. The summed E-state index contributed by atoms with van der Waals surface area (Å²) < 4.78 is 24.1. The van der Waals surface area contributed by atoms with Gasteiger partial charge in [0.1, 0.15) is 24.4 Å². The van der Waals surface area contributed by atoms with Crippen molar-refractivity contribution in [2.45, 2.75) is 6.61 Å². The van der Waals surface area contributed by atoms with E-state index in [9.17, 15) is 14.5 Å². The molecule has 0 saturated carbocycles. The van der Waals surface area contributed by atoms with Gasteiger partial charge in [-0.3, -0.25) is 15.5 Å². The number of halogens is 1. The molecule has 0 saturated heterocycles. The molecule has 0 fully saturated rings. The zero-order valence-corrected chi connectivity index (χ0v) is 15.4. The number of hydrogen-bond donors (Lipinski definition) is 1. The molecule has 3 aromatic rings. The second-order valence-corrected chi connectivity index (χ2v) is 5.85. The van der Waals surface area contributed by atoms with Gasteiger partial charge in [0.05, 0.1) is 18.2 Å². The van der Waals surface area contributed by atoms with Crippen LogP contribution >= 0.6 is 0 Å². The number of nitro groups is 1. The molecule has 0 bridgehead atoms. The summed E-state index contributed by atoms with van der Waals surface area (Å²) in [6.45, 7) is 0.275. The fourth-order valence-corrected chi connectivity index (χ4v) is 2.36. The number of pyridine rings is 1. The number of anilines is 1. The van der Waals surface area contributed by atoms with E-state index in [0.29, 0.717) is 17.3 Å². The van der Waals surface area contributed by atoms with Gasteiger partial charge in [0.25, 0.3) is 5.69 Å². The van der Waals surface area contributed by atoms with Crippen molar-refractivity contribution in [1.29, 1.82) is 0 Å². The molecule has 3 rings (SSSR count). The number of nitrogens with one attached hydrogen (secondary N) is 1. The van der Waals surface area contributed by atoms with Crippen LogP contribution in [0, 0.1) is 15.9 Å². The maximum absolute atomic E-state index is 13.0. The van der Waals surface area contributed by atoms with Gasteiger partial charge in [-0.2, -0.15) is 5.10 Å². The molecule has 1 N–H and O–H groups in total. The van der Waals surface area contributed by atoms with E-state index in [4.69, 9.17) is 9.47 Å². The smallest absolute Gasteiger partial charge is 0.287 e. The summed E-state index contributed by atoms with van der Waals surface area (Å²) in [7, 11) is 1.53. The molecule has 148 valence electrons. The van der Waals surface area contributed by atoms with Gasteiger partial charge >= 0.3 is 0 Å². The van der Waals surface area contributed by atoms with Crippen molar-refractivity contribution in [2.75, 3.05) is 12.5 Å². The number of hydrazone groups is 1. The fraction of sp³-hybridized carbons (Fsp3) is 0.100. The van der Waals surface area contributed by atoms with E-state index in [2.05, 4.69) is 15.5 Å². The first-order valence-electron chi connectivity index (χ1n) is 8.50. The zero-order valence-electron chi connectivity index (χ0n) is 15.4. The van der Waals surface area contributed by atoms with E-state index in [1.54, 1.807) is 36.5 Å². The van der Waals surface area contributed by atoms with Crippen molar-refractivity contribution in [3.8, 4) is 11.5 Å². The van der Waals surface area contributed by atoms with Crippen molar-refractivity contribution in [3.05, 3.63) is 87.9 Å². The maximum Gasteiger partial charge on any atom is 0.287 e. The summed E-state index contributed by atoms with van der Waals surface area (Å²) in [5, 5.41) is 14.7. The largest absolute Gasteiger partial charge is 0.493 e. The Labute approximate surface area is 165 Å². The molecule has 0 aliphatic rings. The van der Waals surface area contributed by atoms with Crippen molar-refractivity contribution >= 4 is 17.7 Å². The Bertz CT molecular complexity index is 1010. The number of rotatable bonds is 8. The number of ether oxygens (including phenoxy) is 2. The van der Waals surface area contributed by atoms with E-state index >= 15 is 0 Å². The quantitative estimate of drug-likeness (QED) is 0.349. The van der Waals surface area contributed by atoms with E-state index < -0.39 is 4.92 Å². The topological polar surface area (TPSA) is 98.9 Å². The minimum atomic E-state index is -0.522. The molecule has 9 heteroatoms. The lowest BCUT2D eigenvalue weighted by Gasteiger charge is -2.11. The van der Waals surface area contributed by atoms with Gasteiger partial charge in [-0.25, -0.2) is 9.37 Å². The lowest BCUT2D eigenvalue weighted by molar-refractivity contribution is -0.385. The van der Waals surface area contributed by atoms with Crippen LogP contribution in [0.2, 0.25) is 0 Å². The van der Waals surface area contributed by atoms with E-state index in [1.165, 1.54) is 31.4 Å². The molecule has 0 aliphatic carbocycles. The highest BCUT2D eigenvalue weighted by Gasteiger charge is 2.07. The van der Waals surface area contributed by atoms with E-state index in [1.807, 2.05) is 0 Å². The highest BCUT2D eigenvalue weighted by atomic mass is 19.1. The first-order chi connectivity index (χ1) is 14.0. The molecule has 8 nitrogen and oxygen atoms in total. The van der Waals surface area contributed by atoms with Crippen LogP contribution in [0.15, 0.2) is 65.9 Å². The Balaban J connectivity index is 1.62. The van der Waals surface area contributed by atoms with Crippen LogP contribution in [0.4, 0.5) is 15.9 Å². The van der Waals surface area contributed by atoms with E-state index in [-0.39, 0.29) is 18.1 Å². The van der Waals surface area contributed by atoms with Crippen LogP contribution in [0.1, 0.15) is 11.1 Å². The van der Waals surface area contributed by atoms with Crippen LogP contribution in [0.5, 0.6) is 11.5 Å². The van der Waals surface area contributed by atoms with Gasteiger partial charge in [-0.15, -0.1) is 0 Å². The number of aromatic nitrogens is 1. The number of nitrogens with zero attached hydrogens (tertiary/aromatic N) is 3. The molecule has 0 atom stereocenters. The fourth-order valence-electron chi connectivity index (χ4n) is 2.36. The summed E-state index contributed by atoms with van der Waals surface area (Å²) in [4.78, 5) is 14.0. The monoisotopic (exact) mass is 396 g/mol. The lowest BCUT2D eigenvalue weighted by atomic mass is 10.2. The lowest BCUT2D eigenvalue weighted by Crippen LogP contribution is -1.99. The van der Waals surface area contributed by atoms with Gasteiger partial charge in [-0.1, -0.05) is 12.1 Å². The maximum atomic E-state index is 13.0. The van der Waals surface area contributed by atoms with Gasteiger partial charge in [0.15, 0.2) is 11.5 Å². The van der Waals surface area contributed by atoms with Crippen molar-refractivity contribution in [3.63, 3.8) is 0 Å². The van der Waals surface area contributed by atoms with Gasteiger partial charge in [0, 0.05) is 6.07 Å². The SMILES string of the molecule is COc1cc(/C=N\Nc2ccc([N+](=O)[O-])cn2)ccc1OCc1ccc(F)cc1. The Morgan fingerprint density at radius 2 is 1.97 bits per heavy atom. The molecule has 0 radical (unpaired) electrons. The Morgan fingerprint density at radius 1 is 1.17 bits per heavy atom.